The van der Waals surface area contributed by atoms with Gasteiger partial charge in [0, 0.05) is 30.5 Å². The maximum atomic E-state index is 13.2. The third-order valence-electron chi connectivity index (χ3n) is 5.74. The number of hydrogen-bond acceptors (Lipinski definition) is 4. The summed E-state index contributed by atoms with van der Waals surface area (Å²) in [5.74, 6) is -0.785. The van der Waals surface area contributed by atoms with Crippen LogP contribution in [0.25, 0.3) is 0 Å². The van der Waals surface area contributed by atoms with Crippen LogP contribution in [-0.2, 0) is 16.1 Å². The van der Waals surface area contributed by atoms with Gasteiger partial charge in [-0.2, -0.15) is 0 Å². The molecular weight excluding hydrogens is 498 g/mol. The average Bonchev–Trinajstić information content (AvgIpc) is 3.05. The molecule has 0 saturated carbocycles. The molecule has 0 aromatic heterocycles. The van der Waals surface area contributed by atoms with Gasteiger partial charge in [0.05, 0.1) is 11.1 Å². The van der Waals surface area contributed by atoms with Crippen molar-refractivity contribution < 1.29 is 19.2 Å². The van der Waals surface area contributed by atoms with Gasteiger partial charge in [-0.05, 0) is 49.1 Å². The van der Waals surface area contributed by atoms with E-state index in [0.29, 0.717) is 30.0 Å². The zero-order valence-corrected chi connectivity index (χ0v) is 21.3. The summed E-state index contributed by atoms with van der Waals surface area (Å²) in [6, 6.07) is 13.7. The van der Waals surface area contributed by atoms with E-state index >= 15 is 0 Å². The van der Waals surface area contributed by atoms with Crippen LogP contribution >= 0.6 is 15.9 Å². The minimum Gasteiger partial charge on any atom is -0.354 e. The van der Waals surface area contributed by atoms with Gasteiger partial charge in [-0.25, -0.2) is 0 Å². The summed E-state index contributed by atoms with van der Waals surface area (Å²) in [5, 5.41) is 2.90. The molecule has 2 aromatic carbocycles. The quantitative estimate of drug-likeness (QED) is 0.472. The van der Waals surface area contributed by atoms with Crippen LogP contribution in [0.1, 0.15) is 59.9 Å². The number of halogens is 1. The molecule has 0 aliphatic carbocycles. The minimum atomic E-state index is -0.662. The summed E-state index contributed by atoms with van der Waals surface area (Å²) >= 11 is 3.45. The lowest BCUT2D eigenvalue weighted by Crippen LogP contribution is -2.48. The minimum absolute atomic E-state index is 0.114. The molecule has 1 atom stereocenters. The number of carbonyl (C=O) groups is 4. The maximum Gasteiger partial charge on any atom is 0.261 e. The zero-order chi connectivity index (χ0) is 24.8. The molecule has 7 nitrogen and oxygen atoms in total. The van der Waals surface area contributed by atoms with E-state index < -0.39 is 6.04 Å². The molecule has 4 amide bonds. The Morgan fingerprint density at radius 1 is 1.00 bits per heavy atom. The molecule has 180 valence electrons. The fourth-order valence-electron chi connectivity index (χ4n) is 3.84. The van der Waals surface area contributed by atoms with E-state index in [9.17, 15) is 19.2 Å². The summed E-state index contributed by atoms with van der Waals surface area (Å²) < 4.78 is 0.889. The topological polar surface area (TPSA) is 86.8 Å². The fourth-order valence-corrected chi connectivity index (χ4v) is 4.29. The number of nitrogens with one attached hydrogen (secondary N) is 1. The Morgan fingerprint density at radius 2 is 1.65 bits per heavy atom. The lowest BCUT2D eigenvalue weighted by molar-refractivity contribution is -0.140. The highest BCUT2D eigenvalue weighted by Gasteiger charge is 2.35. The highest BCUT2D eigenvalue weighted by atomic mass is 79.9. The second kappa shape index (κ2) is 11.4. The van der Waals surface area contributed by atoms with Gasteiger partial charge in [0.2, 0.25) is 11.8 Å². The Hall–Kier alpha value is -3.00. The number of benzene rings is 2. The number of fused-ring (bicyclic) bond motifs is 1. The maximum absolute atomic E-state index is 13.2. The second-order valence-electron chi connectivity index (χ2n) is 8.88. The van der Waals surface area contributed by atoms with Crippen molar-refractivity contribution in [3.05, 3.63) is 69.7 Å². The van der Waals surface area contributed by atoms with E-state index in [2.05, 4.69) is 21.2 Å². The number of imide groups is 1. The predicted molar refractivity (Wildman–Crippen MR) is 133 cm³/mol. The van der Waals surface area contributed by atoms with Gasteiger partial charge >= 0.3 is 0 Å². The third kappa shape index (κ3) is 6.11. The summed E-state index contributed by atoms with van der Waals surface area (Å²) in [7, 11) is 0. The molecule has 1 aliphatic rings. The molecule has 3 rings (SSSR count). The Labute approximate surface area is 208 Å². The molecule has 2 aromatic rings. The van der Waals surface area contributed by atoms with Gasteiger partial charge in [0.15, 0.2) is 0 Å². The Morgan fingerprint density at radius 3 is 2.24 bits per heavy atom. The smallest absolute Gasteiger partial charge is 0.261 e. The lowest BCUT2D eigenvalue weighted by atomic mass is 10.1. The summed E-state index contributed by atoms with van der Waals surface area (Å²) in [5.41, 5.74) is 1.68. The van der Waals surface area contributed by atoms with E-state index in [-0.39, 0.29) is 43.1 Å². The van der Waals surface area contributed by atoms with Gasteiger partial charge in [0.1, 0.15) is 6.04 Å². The van der Waals surface area contributed by atoms with Crippen molar-refractivity contribution in [2.75, 3.05) is 13.1 Å². The van der Waals surface area contributed by atoms with Crippen molar-refractivity contribution in [1.29, 1.82) is 0 Å². The molecule has 1 heterocycles. The second-order valence-corrected chi connectivity index (χ2v) is 9.79. The van der Waals surface area contributed by atoms with Crippen LogP contribution in [0.15, 0.2) is 53.0 Å². The van der Waals surface area contributed by atoms with Crippen LogP contribution in [-0.4, -0.2) is 52.6 Å². The molecule has 8 heteroatoms. The van der Waals surface area contributed by atoms with Crippen molar-refractivity contribution in [3.63, 3.8) is 0 Å². The molecule has 0 saturated heterocycles. The van der Waals surface area contributed by atoms with Crippen molar-refractivity contribution >= 4 is 39.6 Å². The lowest BCUT2D eigenvalue weighted by Gasteiger charge is -2.29. The number of nitrogens with zero attached hydrogens (tertiary/aromatic N) is 2. The predicted octanol–water partition coefficient (Wildman–Crippen LogP) is 4.01. The van der Waals surface area contributed by atoms with Crippen molar-refractivity contribution in [2.45, 2.75) is 46.2 Å². The number of carbonyl (C=O) groups excluding carboxylic acids is 4. The number of amides is 4. The monoisotopic (exact) mass is 527 g/mol. The first-order valence-corrected chi connectivity index (χ1v) is 12.2. The summed E-state index contributed by atoms with van der Waals surface area (Å²) in [4.78, 5) is 53.8. The molecule has 0 spiro atoms. The van der Waals surface area contributed by atoms with E-state index in [0.717, 1.165) is 10.0 Å². The molecule has 0 unspecified atom stereocenters. The first-order valence-electron chi connectivity index (χ1n) is 11.5. The Balaban J connectivity index is 1.66. The van der Waals surface area contributed by atoms with Gasteiger partial charge < -0.3 is 10.2 Å². The summed E-state index contributed by atoms with van der Waals surface area (Å²) in [6.45, 7) is 6.69. The van der Waals surface area contributed by atoms with Gasteiger partial charge in [-0.15, -0.1) is 0 Å². The van der Waals surface area contributed by atoms with Crippen LogP contribution in [0.2, 0.25) is 0 Å². The highest BCUT2D eigenvalue weighted by Crippen LogP contribution is 2.23. The first-order chi connectivity index (χ1) is 16.2. The van der Waals surface area contributed by atoms with Gasteiger partial charge in [0.25, 0.3) is 11.8 Å². The largest absolute Gasteiger partial charge is 0.354 e. The molecule has 1 aliphatic heterocycles. The van der Waals surface area contributed by atoms with Gasteiger partial charge in [-0.1, -0.05) is 54.0 Å². The van der Waals surface area contributed by atoms with E-state index in [1.165, 1.54) is 4.90 Å². The van der Waals surface area contributed by atoms with Crippen molar-refractivity contribution in [3.8, 4) is 0 Å². The highest BCUT2D eigenvalue weighted by molar-refractivity contribution is 9.10. The molecule has 1 N–H and O–H groups in total. The van der Waals surface area contributed by atoms with E-state index in [1.54, 1.807) is 36.1 Å². The van der Waals surface area contributed by atoms with Crippen molar-refractivity contribution in [2.24, 2.45) is 5.92 Å². The summed E-state index contributed by atoms with van der Waals surface area (Å²) in [6.07, 6.45) is 0.433. The van der Waals surface area contributed by atoms with Crippen LogP contribution < -0.4 is 5.32 Å². The molecule has 0 radical (unpaired) electrons. The number of hydrogen-bond donors (Lipinski definition) is 1. The first kappa shape index (κ1) is 25.6. The Kier molecular flexibility index (Phi) is 8.61. The average molecular weight is 528 g/mol. The van der Waals surface area contributed by atoms with Crippen molar-refractivity contribution in [1.82, 2.24) is 15.1 Å². The number of rotatable bonds is 10. The fraction of sp³-hybridized carbons (Fsp3) is 0.385. The van der Waals surface area contributed by atoms with E-state index in [1.807, 2.05) is 38.1 Å². The SMILES string of the molecule is CC(C)CNC(=O)[C@@H](C)N(Cc1cccc(Br)c1)C(=O)CCCN1C(=O)c2ccccc2C1=O. The molecule has 0 fully saturated rings. The Bertz CT molecular complexity index is 1050. The van der Waals surface area contributed by atoms with Crippen LogP contribution in [0, 0.1) is 5.92 Å². The zero-order valence-electron chi connectivity index (χ0n) is 19.7. The molecule has 0 bridgehead atoms. The van der Waals surface area contributed by atoms with E-state index in [4.69, 9.17) is 0 Å². The molecule has 34 heavy (non-hydrogen) atoms. The molecular formula is C26H30BrN3O4. The van der Waals surface area contributed by atoms with Crippen LogP contribution in [0.3, 0.4) is 0 Å². The van der Waals surface area contributed by atoms with Crippen LogP contribution in [0.5, 0.6) is 0 Å². The van der Waals surface area contributed by atoms with Crippen LogP contribution in [0.4, 0.5) is 0 Å². The normalized spacial score (nSPS) is 13.7. The standard InChI is InChI=1S/C26H30BrN3O4/c1-17(2)15-28-24(32)18(3)30(16-19-8-6-9-20(27)14-19)23(31)12-7-13-29-25(33)21-10-4-5-11-22(21)26(29)34/h4-6,8-11,14,17-18H,7,12-13,15-16H2,1-3H3,(H,28,32)/t18-/m1/s1. The third-order valence-corrected chi connectivity index (χ3v) is 6.24. The van der Waals surface area contributed by atoms with Gasteiger partial charge in [-0.3, -0.25) is 24.1 Å².